The van der Waals surface area contributed by atoms with E-state index in [1.165, 1.54) is 18.9 Å². The zero-order valence-electron chi connectivity index (χ0n) is 13.2. The summed E-state index contributed by atoms with van der Waals surface area (Å²) in [4.78, 5) is 16.8. The molecule has 0 N–H and O–H groups in total. The molecule has 24 heavy (non-hydrogen) atoms. The van der Waals surface area contributed by atoms with Gasteiger partial charge in [-0.3, -0.25) is 0 Å². The van der Waals surface area contributed by atoms with Gasteiger partial charge in [-0.25, -0.2) is 14.2 Å². The van der Waals surface area contributed by atoms with Gasteiger partial charge < -0.3 is 4.42 Å². The fourth-order valence-corrected chi connectivity index (χ4v) is 3.80. The van der Waals surface area contributed by atoms with Gasteiger partial charge in [-0.1, -0.05) is 49.2 Å². The van der Waals surface area contributed by atoms with Crippen molar-refractivity contribution >= 4 is 10.9 Å². The van der Waals surface area contributed by atoms with E-state index < -0.39 is 11.4 Å². The minimum absolute atomic E-state index is 0.0610. The highest BCUT2D eigenvalue weighted by Crippen LogP contribution is 2.40. The molecular formula is C20H18FNO2. The summed E-state index contributed by atoms with van der Waals surface area (Å²) in [5.41, 5.74) is 0.808. The van der Waals surface area contributed by atoms with Crippen LogP contribution in [0.2, 0.25) is 0 Å². The largest absolute Gasteiger partial charge is 0.407 e. The second kappa shape index (κ2) is 6.19. The maximum absolute atomic E-state index is 13.9. The molecule has 1 atom stereocenters. The molecule has 2 aromatic carbocycles. The zero-order valence-corrected chi connectivity index (χ0v) is 13.2. The Kier molecular flexibility index (Phi) is 3.89. The first kappa shape index (κ1) is 15.1. The summed E-state index contributed by atoms with van der Waals surface area (Å²) in [6, 6.07) is 14.5. The van der Waals surface area contributed by atoms with Crippen molar-refractivity contribution in [1.82, 2.24) is 4.98 Å². The number of rotatable bonds is 3. The minimum atomic E-state index is -0.646. The van der Waals surface area contributed by atoms with E-state index >= 15 is 0 Å². The normalized spacial score (nSPS) is 16.5. The summed E-state index contributed by atoms with van der Waals surface area (Å²) < 4.78 is 19.4. The van der Waals surface area contributed by atoms with Crippen LogP contribution in [-0.2, 0) is 0 Å². The van der Waals surface area contributed by atoms with Gasteiger partial charge in [-0.05, 0) is 36.5 Å². The van der Waals surface area contributed by atoms with Crippen molar-refractivity contribution in [2.45, 2.75) is 31.6 Å². The quantitative estimate of drug-likeness (QED) is 0.704. The molecule has 1 heterocycles. The highest BCUT2D eigenvalue weighted by Gasteiger charge is 2.31. The average molecular weight is 323 g/mol. The second-order valence-electron chi connectivity index (χ2n) is 6.41. The Morgan fingerprint density at radius 1 is 1.04 bits per heavy atom. The molecule has 4 rings (SSSR count). The molecule has 1 fully saturated rings. The molecule has 1 aliphatic rings. The molecule has 0 aliphatic heterocycles. The number of hydrogen-bond donors (Lipinski definition) is 0. The Balaban J connectivity index is 1.89. The molecule has 0 saturated heterocycles. The first-order chi connectivity index (χ1) is 11.7. The maximum Gasteiger partial charge on any atom is 0.349 e. The van der Waals surface area contributed by atoms with Gasteiger partial charge in [-0.2, -0.15) is 0 Å². The molecule has 4 heteroatoms. The van der Waals surface area contributed by atoms with E-state index in [4.69, 9.17) is 4.42 Å². The summed E-state index contributed by atoms with van der Waals surface area (Å²) >= 11 is 0. The van der Waals surface area contributed by atoms with Crippen molar-refractivity contribution in [1.29, 1.82) is 0 Å². The Labute approximate surface area is 139 Å². The molecule has 0 bridgehead atoms. The van der Waals surface area contributed by atoms with Crippen LogP contribution in [0.1, 0.15) is 43.1 Å². The van der Waals surface area contributed by atoms with Gasteiger partial charge in [0.1, 0.15) is 11.2 Å². The Hall–Kier alpha value is -2.49. The molecule has 3 nitrogen and oxygen atoms in total. The van der Waals surface area contributed by atoms with Gasteiger partial charge in [0.05, 0.1) is 11.4 Å². The predicted molar refractivity (Wildman–Crippen MR) is 90.5 cm³/mol. The molecule has 1 aliphatic carbocycles. The first-order valence-electron chi connectivity index (χ1n) is 8.38. The van der Waals surface area contributed by atoms with Crippen molar-refractivity contribution in [3.05, 3.63) is 76.2 Å². The standard InChI is InChI=1S/C20H18FNO2/c21-15-11-6-12-16-18(15)20(23)24-19(22-16)17(14-9-4-5-10-14)13-7-2-1-3-8-13/h1-3,6-8,11-12,14,17H,4-5,9-10H2/t17-/m1/s1. The Morgan fingerprint density at radius 2 is 1.79 bits per heavy atom. The van der Waals surface area contributed by atoms with E-state index in [0.717, 1.165) is 18.4 Å². The van der Waals surface area contributed by atoms with Crippen LogP contribution < -0.4 is 5.63 Å². The van der Waals surface area contributed by atoms with Crippen LogP contribution in [0.25, 0.3) is 10.9 Å². The molecule has 0 radical (unpaired) electrons. The van der Waals surface area contributed by atoms with Crippen molar-refractivity contribution in [3.63, 3.8) is 0 Å². The van der Waals surface area contributed by atoms with Gasteiger partial charge in [0.2, 0.25) is 5.89 Å². The van der Waals surface area contributed by atoms with Crippen LogP contribution >= 0.6 is 0 Å². The number of nitrogens with zero attached hydrogens (tertiary/aromatic N) is 1. The number of benzene rings is 2. The molecule has 1 aromatic heterocycles. The van der Waals surface area contributed by atoms with Gasteiger partial charge in [0, 0.05) is 0 Å². The lowest BCUT2D eigenvalue weighted by molar-refractivity contribution is 0.360. The van der Waals surface area contributed by atoms with Gasteiger partial charge >= 0.3 is 5.63 Å². The molecule has 0 spiro atoms. The van der Waals surface area contributed by atoms with Gasteiger partial charge in [-0.15, -0.1) is 0 Å². The predicted octanol–water partition coefficient (Wildman–Crippen LogP) is 4.65. The van der Waals surface area contributed by atoms with Crippen LogP contribution in [-0.4, -0.2) is 4.98 Å². The molecule has 3 aromatic rings. The van der Waals surface area contributed by atoms with E-state index in [0.29, 0.717) is 17.3 Å². The van der Waals surface area contributed by atoms with E-state index in [2.05, 4.69) is 4.98 Å². The van der Waals surface area contributed by atoms with E-state index in [-0.39, 0.29) is 11.3 Å². The van der Waals surface area contributed by atoms with E-state index in [9.17, 15) is 9.18 Å². The zero-order chi connectivity index (χ0) is 16.5. The third kappa shape index (κ3) is 2.62. The van der Waals surface area contributed by atoms with Crippen molar-refractivity contribution in [2.75, 3.05) is 0 Å². The third-order valence-electron chi connectivity index (χ3n) is 4.92. The number of aromatic nitrogens is 1. The Bertz CT molecular complexity index is 914. The third-order valence-corrected chi connectivity index (χ3v) is 4.92. The topological polar surface area (TPSA) is 43.1 Å². The molecule has 0 unspecified atom stereocenters. The lowest BCUT2D eigenvalue weighted by Gasteiger charge is -2.22. The average Bonchev–Trinajstić information content (AvgIpc) is 3.10. The maximum atomic E-state index is 13.9. The molecular weight excluding hydrogens is 305 g/mol. The van der Waals surface area contributed by atoms with Crippen LogP contribution in [0, 0.1) is 11.7 Å². The minimum Gasteiger partial charge on any atom is -0.407 e. The number of fused-ring (bicyclic) bond motifs is 1. The smallest absolute Gasteiger partial charge is 0.349 e. The lowest BCUT2D eigenvalue weighted by Crippen LogP contribution is -2.16. The van der Waals surface area contributed by atoms with Crippen LogP contribution in [0.3, 0.4) is 0 Å². The molecule has 1 saturated carbocycles. The summed E-state index contributed by atoms with van der Waals surface area (Å²) in [6.07, 6.45) is 4.54. The Morgan fingerprint density at radius 3 is 2.54 bits per heavy atom. The van der Waals surface area contributed by atoms with Crippen molar-refractivity contribution in [3.8, 4) is 0 Å². The van der Waals surface area contributed by atoms with E-state index in [1.807, 2.05) is 30.3 Å². The van der Waals surface area contributed by atoms with Crippen molar-refractivity contribution in [2.24, 2.45) is 5.92 Å². The van der Waals surface area contributed by atoms with Gasteiger partial charge in [0.15, 0.2) is 0 Å². The van der Waals surface area contributed by atoms with E-state index in [1.54, 1.807) is 12.1 Å². The van der Waals surface area contributed by atoms with Gasteiger partial charge in [0.25, 0.3) is 0 Å². The molecule has 0 amide bonds. The van der Waals surface area contributed by atoms with Crippen LogP contribution in [0.15, 0.2) is 57.7 Å². The molecule has 122 valence electrons. The highest BCUT2D eigenvalue weighted by atomic mass is 19.1. The fraction of sp³-hybridized carbons (Fsp3) is 0.300. The summed E-state index contributed by atoms with van der Waals surface area (Å²) in [5.74, 6) is 0.150. The number of halogens is 1. The number of hydrogen-bond acceptors (Lipinski definition) is 3. The van der Waals surface area contributed by atoms with Crippen LogP contribution in [0.4, 0.5) is 4.39 Å². The summed E-state index contributed by atoms with van der Waals surface area (Å²) in [7, 11) is 0. The second-order valence-corrected chi connectivity index (χ2v) is 6.41. The van der Waals surface area contributed by atoms with Crippen LogP contribution in [0.5, 0.6) is 0 Å². The fourth-order valence-electron chi connectivity index (χ4n) is 3.80. The summed E-state index contributed by atoms with van der Waals surface area (Å²) in [5, 5.41) is -0.0699. The summed E-state index contributed by atoms with van der Waals surface area (Å²) in [6.45, 7) is 0. The highest BCUT2D eigenvalue weighted by molar-refractivity contribution is 5.77. The first-order valence-corrected chi connectivity index (χ1v) is 8.38. The lowest BCUT2D eigenvalue weighted by atomic mass is 9.84. The van der Waals surface area contributed by atoms with Crippen molar-refractivity contribution < 1.29 is 8.81 Å². The SMILES string of the molecule is O=c1oc([C@H](c2ccccc2)C2CCCC2)nc2cccc(F)c12. The monoisotopic (exact) mass is 323 g/mol.